The first kappa shape index (κ1) is 23.4. The van der Waals surface area contributed by atoms with E-state index in [1.807, 2.05) is 23.1 Å². The van der Waals surface area contributed by atoms with Gasteiger partial charge in [-0.25, -0.2) is 14.0 Å². The Morgan fingerprint density at radius 3 is 2.09 bits per heavy atom. The lowest BCUT2D eigenvalue weighted by atomic mass is 9.93. The van der Waals surface area contributed by atoms with Crippen LogP contribution in [-0.2, 0) is 33.9 Å². The molecule has 2 heterocycles. The van der Waals surface area contributed by atoms with Gasteiger partial charge in [-0.15, -0.1) is 0 Å². The quantitative estimate of drug-likeness (QED) is 0.710. The number of amides is 1. The van der Waals surface area contributed by atoms with Crippen LogP contribution in [0.4, 0.5) is 4.39 Å². The Morgan fingerprint density at radius 1 is 0.875 bits per heavy atom. The van der Waals surface area contributed by atoms with Crippen LogP contribution in [0.5, 0.6) is 0 Å². The van der Waals surface area contributed by atoms with Crippen molar-refractivity contribution >= 4 is 17.8 Å². The van der Waals surface area contributed by atoms with Crippen LogP contribution in [0.2, 0.25) is 0 Å². The Balaban J connectivity index is 0.000000427. The molecule has 1 fully saturated rings. The molecule has 170 valence electrons. The summed E-state index contributed by atoms with van der Waals surface area (Å²) in [6, 6.07) is 15.4. The topological polar surface area (TPSA) is 98.2 Å². The van der Waals surface area contributed by atoms with Crippen LogP contribution in [0.1, 0.15) is 29.5 Å². The Morgan fingerprint density at radius 2 is 1.47 bits per heavy atom. The van der Waals surface area contributed by atoms with E-state index in [9.17, 15) is 9.18 Å². The summed E-state index contributed by atoms with van der Waals surface area (Å²) < 4.78 is 13.8. The minimum atomic E-state index is -1.82. The van der Waals surface area contributed by atoms with Gasteiger partial charge in [0, 0.05) is 31.1 Å². The summed E-state index contributed by atoms with van der Waals surface area (Å²) in [5.41, 5.74) is 3.39. The number of carbonyl (C=O) groups is 3. The summed E-state index contributed by atoms with van der Waals surface area (Å²) in [5.74, 6) is -3.38. The molecule has 0 aliphatic carbocycles. The Kier molecular flexibility index (Phi) is 7.94. The van der Waals surface area contributed by atoms with Crippen molar-refractivity contribution in [3.63, 3.8) is 0 Å². The van der Waals surface area contributed by atoms with E-state index in [2.05, 4.69) is 23.1 Å². The van der Waals surface area contributed by atoms with Gasteiger partial charge in [-0.2, -0.15) is 0 Å². The predicted molar refractivity (Wildman–Crippen MR) is 115 cm³/mol. The molecule has 0 spiro atoms. The normalized spacial score (nSPS) is 16.5. The highest BCUT2D eigenvalue weighted by atomic mass is 19.1. The molecule has 32 heavy (non-hydrogen) atoms. The van der Waals surface area contributed by atoms with Crippen LogP contribution in [0.25, 0.3) is 0 Å². The maximum absolute atomic E-state index is 13.8. The second-order valence-electron chi connectivity index (χ2n) is 8.03. The first-order valence-electron chi connectivity index (χ1n) is 10.6. The fourth-order valence-corrected chi connectivity index (χ4v) is 4.15. The van der Waals surface area contributed by atoms with Crippen molar-refractivity contribution in [2.24, 2.45) is 5.92 Å². The molecule has 7 nitrogen and oxygen atoms in total. The number of carbonyl (C=O) groups excluding carboxylic acids is 1. The molecule has 0 bridgehead atoms. The summed E-state index contributed by atoms with van der Waals surface area (Å²) in [6.45, 7) is 3.91. The molecule has 2 aromatic carbocycles. The van der Waals surface area contributed by atoms with Crippen molar-refractivity contribution < 1.29 is 29.0 Å². The van der Waals surface area contributed by atoms with Crippen molar-refractivity contribution in [2.45, 2.75) is 32.4 Å². The monoisotopic (exact) mass is 442 g/mol. The number of hydrogen-bond acceptors (Lipinski definition) is 4. The lowest BCUT2D eigenvalue weighted by molar-refractivity contribution is -0.159. The Bertz CT molecular complexity index is 960. The molecule has 2 aliphatic heterocycles. The van der Waals surface area contributed by atoms with Crippen LogP contribution >= 0.6 is 0 Å². The fraction of sp³-hybridized carbons (Fsp3) is 0.375. The Hall–Kier alpha value is -3.26. The summed E-state index contributed by atoms with van der Waals surface area (Å²) in [5, 5.41) is 14.8. The van der Waals surface area contributed by atoms with Crippen molar-refractivity contribution in [3.8, 4) is 0 Å². The number of rotatable bonds is 3. The van der Waals surface area contributed by atoms with Crippen molar-refractivity contribution in [1.29, 1.82) is 0 Å². The van der Waals surface area contributed by atoms with E-state index in [4.69, 9.17) is 19.8 Å². The van der Waals surface area contributed by atoms with E-state index in [0.29, 0.717) is 12.5 Å². The van der Waals surface area contributed by atoms with Gasteiger partial charge < -0.3 is 15.1 Å². The van der Waals surface area contributed by atoms with Gasteiger partial charge in [0.15, 0.2) is 0 Å². The third kappa shape index (κ3) is 6.13. The zero-order valence-corrected chi connectivity index (χ0v) is 17.7. The molecular formula is C24H27FN2O5. The molecule has 1 amide bonds. The predicted octanol–water partition coefficient (Wildman–Crippen LogP) is 2.78. The minimum Gasteiger partial charge on any atom is -0.473 e. The zero-order valence-electron chi connectivity index (χ0n) is 17.7. The molecule has 0 aromatic heterocycles. The first-order valence-corrected chi connectivity index (χ1v) is 10.6. The third-order valence-corrected chi connectivity index (χ3v) is 5.91. The molecule has 2 aliphatic rings. The molecule has 8 heteroatoms. The van der Waals surface area contributed by atoms with Crippen LogP contribution in [0, 0.1) is 11.7 Å². The number of piperidine rings is 1. The van der Waals surface area contributed by atoms with Gasteiger partial charge in [0.05, 0.1) is 0 Å². The lowest BCUT2D eigenvalue weighted by Crippen LogP contribution is -2.44. The van der Waals surface area contributed by atoms with E-state index in [1.165, 1.54) is 17.2 Å². The molecular weight excluding hydrogens is 415 g/mol. The fourth-order valence-electron chi connectivity index (χ4n) is 4.15. The van der Waals surface area contributed by atoms with Gasteiger partial charge in [0.2, 0.25) is 5.91 Å². The van der Waals surface area contributed by atoms with Gasteiger partial charge in [0.1, 0.15) is 5.82 Å². The van der Waals surface area contributed by atoms with Crippen molar-refractivity contribution in [3.05, 3.63) is 71.0 Å². The van der Waals surface area contributed by atoms with Crippen LogP contribution in [0.15, 0.2) is 48.5 Å². The number of halogens is 1. The molecule has 0 saturated carbocycles. The molecule has 1 saturated heterocycles. The van der Waals surface area contributed by atoms with Gasteiger partial charge in [-0.05, 0) is 49.5 Å². The van der Waals surface area contributed by atoms with Crippen molar-refractivity contribution in [2.75, 3.05) is 19.6 Å². The molecule has 2 aromatic rings. The number of nitrogens with zero attached hydrogens (tertiary/aromatic N) is 2. The largest absolute Gasteiger partial charge is 0.473 e. The molecule has 0 unspecified atom stereocenters. The molecule has 0 atom stereocenters. The number of benzene rings is 2. The van der Waals surface area contributed by atoms with Gasteiger partial charge in [0.25, 0.3) is 0 Å². The van der Waals surface area contributed by atoms with Crippen LogP contribution in [0.3, 0.4) is 0 Å². The molecule has 4 rings (SSSR count). The highest BCUT2D eigenvalue weighted by Gasteiger charge is 2.30. The van der Waals surface area contributed by atoms with E-state index in [-0.39, 0.29) is 11.7 Å². The zero-order chi connectivity index (χ0) is 23.1. The van der Waals surface area contributed by atoms with E-state index in [0.717, 1.165) is 51.0 Å². The first-order chi connectivity index (χ1) is 15.3. The van der Waals surface area contributed by atoms with E-state index < -0.39 is 11.9 Å². The van der Waals surface area contributed by atoms with Crippen LogP contribution in [-0.4, -0.2) is 57.5 Å². The maximum atomic E-state index is 13.8. The number of likely N-dealkylation sites (tertiary alicyclic amines) is 1. The van der Waals surface area contributed by atoms with E-state index >= 15 is 0 Å². The van der Waals surface area contributed by atoms with Crippen LogP contribution < -0.4 is 0 Å². The number of hydrogen-bond donors (Lipinski definition) is 2. The minimum absolute atomic E-state index is 0.108. The summed E-state index contributed by atoms with van der Waals surface area (Å²) in [7, 11) is 0. The Labute approximate surface area is 186 Å². The number of fused-ring (bicyclic) bond motifs is 1. The highest BCUT2D eigenvalue weighted by Crippen LogP contribution is 2.25. The molecule has 2 N–H and O–H groups in total. The SMILES string of the molecule is O=C(C1CCN(Cc2ccccc2F)CC1)N1CCc2ccccc2C1.O=C(O)C(=O)O. The van der Waals surface area contributed by atoms with Gasteiger partial charge in [-0.3, -0.25) is 9.69 Å². The lowest BCUT2D eigenvalue weighted by Gasteiger charge is -2.36. The second-order valence-corrected chi connectivity index (χ2v) is 8.03. The third-order valence-electron chi connectivity index (χ3n) is 5.91. The summed E-state index contributed by atoms with van der Waals surface area (Å²) >= 11 is 0. The molecule has 0 radical (unpaired) electrons. The summed E-state index contributed by atoms with van der Waals surface area (Å²) in [4.78, 5) is 35.4. The number of aliphatic carboxylic acids is 2. The highest BCUT2D eigenvalue weighted by molar-refractivity contribution is 6.27. The number of carboxylic acid groups (broad SMARTS) is 2. The van der Waals surface area contributed by atoms with Gasteiger partial charge in [-0.1, -0.05) is 42.5 Å². The maximum Gasteiger partial charge on any atom is 0.414 e. The van der Waals surface area contributed by atoms with Crippen molar-refractivity contribution in [1.82, 2.24) is 9.80 Å². The number of carboxylic acids is 2. The second kappa shape index (κ2) is 10.9. The van der Waals surface area contributed by atoms with E-state index in [1.54, 1.807) is 6.07 Å². The standard InChI is InChI=1S/C22H25FN2O.C2H2O4/c23-21-8-4-3-7-20(21)15-24-12-9-18(10-13-24)22(26)25-14-11-17-5-1-2-6-19(17)16-25;3-1(4)2(5)6/h1-8,18H,9-16H2;(H,3,4)(H,5,6). The summed E-state index contributed by atoms with van der Waals surface area (Å²) in [6.07, 6.45) is 2.69. The average molecular weight is 442 g/mol. The van der Waals surface area contributed by atoms with Gasteiger partial charge >= 0.3 is 11.9 Å². The average Bonchev–Trinajstić information content (AvgIpc) is 2.80. The smallest absolute Gasteiger partial charge is 0.414 e.